The van der Waals surface area contributed by atoms with Gasteiger partial charge in [-0.1, -0.05) is 6.42 Å². The zero-order chi connectivity index (χ0) is 12.0. The molecular formula is C10H18N4O2. The average Bonchev–Trinajstić information content (AvgIpc) is 2.63. The molecule has 1 heterocycles. The second-order valence-electron chi connectivity index (χ2n) is 3.82. The van der Waals surface area contributed by atoms with E-state index in [0.29, 0.717) is 25.2 Å². The summed E-state index contributed by atoms with van der Waals surface area (Å²) in [6, 6.07) is 0. The smallest absolute Gasteiger partial charge is 0.306 e. The first-order valence-corrected chi connectivity index (χ1v) is 5.41. The Morgan fingerprint density at radius 2 is 2.38 bits per heavy atom. The number of aryl methyl sites for hydroxylation is 1. The summed E-state index contributed by atoms with van der Waals surface area (Å²) in [4.78, 5) is 15.1. The van der Waals surface area contributed by atoms with Gasteiger partial charge >= 0.3 is 5.97 Å². The number of carboxylic acid groups (broad SMARTS) is 1. The summed E-state index contributed by atoms with van der Waals surface area (Å²) in [5.74, 6) is -0.463. The van der Waals surface area contributed by atoms with Crippen LogP contribution < -0.4 is 5.73 Å². The van der Waals surface area contributed by atoms with Crippen molar-refractivity contribution in [3.8, 4) is 0 Å². The van der Waals surface area contributed by atoms with Gasteiger partial charge < -0.3 is 10.8 Å². The van der Waals surface area contributed by atoms with Crippen molar-refractivity contribution in [3.05, 3.63) is 12.2 Å². The van der Waals surface area contributed by atoms with Crippen LogP contribution >= 0.6 is 0 Å². The number of carboxylic acids is 1. The van der Waals surface area contributed by atoms with E-state index in [1.807, 2.05) is 0 Å². The monoisotopic (exact) mass is 226 g/mol. The molecule has 0 fully saturated rings. The predicted molar refractivity (Wildman–Crippen MR) is 58.7 cm³/mol. The van der Waals surface area contributed by atoms with Crippen LogP contribution in [-0.2, 0) is 18.3 Å². The number of rotatable bonds is 7. The molecule has 0 aliphatic carbocycles. The second kappa shape index (κ2) is 6.22. The minimum absolute atomic E-state index is 0.394. The van der Waals surface area contributed by atoms with Crippen molar-refractivity contribution >= 4 is 5.97 Å². The van der Waals surface area contributed by atoms with Crippen LogP contribution in [0.2, 0.25) is 0 Å². The first-order valence-electron chi connectivity index (χ1n) is 5.41. The van der Waals surface area contributed by atoms with E-state index >= 15 is 0 Å². The Bertz CT molecular complexity index is 337. The molecule has 16 heavy (non-hydrogen) atoms. The standard InChI is InChI=1S/C10H18N4O2/c1-14-9(12-7-13-14)6-8(10(15)16)4-2-3-5-11/h7-8H,2-6,11H2,1H3,(H,15,16). The molecule has 3 N–H and O–H groups in total. The second-order valence-corrected chi connectivity index (χ2v) is 3.82. The molecule has 0 amide bonds. The van der Waals surface area contributed by atoms with Crippen LogP contribution in [0.3, 0.4) is 0 Å². The summed E-state index contributed by atoms with van der Waals surface area (Å²) in [6.45, 7) is 0.607. The molecule has 1 atom stereocenters. The van der Waals surface area contributed by atoms with Crippen LogP contribution in [0.5, 0.6) is 0 Å². The molecule has 1 rings (SSSR count). The highest BCUT2D eigenvalue weighted by Crippen LogP contribution is 2.13. The zero-order valence-electron chi connectivity index (χ0n) is 9.46. The van der Waals surface area contributed by atoms with Crippen molar-refractivity contribution in [1.29, 1.82) is 0 Å². The molecule has 1 aromatic rings. The van der Waals surface area contributed by atoms with Gasteiger partial charge in [-0.05, 0) is 19.4 Å². The molecule has 1 aromatic heterocycles. The average molecular weight is 226 g/mol. The molecule has 1 unspecified atom stereocenters. The van der Waals surface area contributed by atoms with Gasteiger partial charge in [-0.15, -0.1) is 0 Å². The third-order valence-corrected chi connectivity index (χ3v) is 2.59. The van der Waals surface area contributed by atoms with Gasteiger partial charge in [0.2, 0.25) is 0 Å². The lowest BCUT2D eigenvalue weighted by Gasteiger charge is -2.10. The van der Waals surface area contributed by atoms with Crippen LogP contribution in [0.15, 0.2) is 6.33 Å². The largest absolute Gasteiger partial charge is 0.481 e. The van der Waals surface area contributed by atoms with E-state index in [1.165, 1.54) is 6.33 Å². The third-order valence-electron chi connectivity index (χ3n) is 2.59. The first-order chi connectivity index (χ1) is 7.65. The summed E-state index contributed by atoms with van der Waals surface area (Å²) in [5.41, 5.74) is 5.38. The van der Waals surface area contributed by atoms with Gasteiger partial charge in [-0.2, -0.15) is 5.10 Å². The van der Waals surface area contributed by atoms with E-state index in [1.54, 1.807) is 11.7 Å². The zero-order valence-corrected chi connectivity index (χ0v) is 9.46. The van der Waals surface area contributed by atoms with Crippen molar-refractivity contribution < 1.29 is 9.90 Å². The van der Waals surface area contributed by atoms with E-state index < -0.39 is 11.9 Å². The minimum Gasteiger partial charge on any atom is -0.481 e. The lowest BCUT2D eigenvalue weighted by atomic mass is 9.98. The first kappa shape index (κ1) is 12.6. The quantitative estimate of drug-likeness (QED) is 0.647. The van der Waals surface area contributed by atoms with Crippen molar-refractivity contribution in [3.63, 3.8) is 0 Å². The van der Waals surface area contributed by atoms with E-state index in [4.69, 9.17) is 10.8 Å². The fraction of sp³-hybridized carbons (Fsp3) is 0.700. The summed E-state index contributed by atoms with van der Waals surface area (Å²) in [5, 5.41) is 13.0. The van der Waals surface area contributed by atoms with Crippen molar-refractivity contribution in [2.75, 3.05) is 6.54 Å². The van der Waals surface area contributed by atoms with E-state index in [-0.39, 0.29) is 0 Å². The van der Waals surface area contributed by atoms with Crippen molar-refractivity contribution in [2.24, 2.45) is 18.7 Å². The summed E-state index contributed by atoms with van der Waals surface area (Å²) in [7, 11) is 1.77. The van der Waals surface area contributed by atoms with Crippen molar-refractivity contribution in [2.45, 2.75) is 25.7 Å². The highest BCUT2D eigenvalue weighted by atomic mass is 16.4. The van der Waals surface area contributed by atoms with E-state index in [9.17, 15) is 4.79 Å². The maximum atomic E-state index is 11.0. The maximum absolute atomic E-state index is 11.0. The minimum atomic E-state index is -0.778. The van der Waals surface area contributed by atoms with Gasteiger partial charge in [0.15, 0.2) is 0 Å². The fourth-order valence-electron chi connectivity index (χ4n) is 1.57. The van der Waals surface area contributed by atoms with Crippen LogP contribution in [0.25, 0.3) is 0 Å². The topological polar surface area (TPSA) is 94.0 Å². The molecule has 0 aliphatic heterocycles. The molecule has 0 saturated carbocycles. The Morgan fingerprint density at radius 3 is 2.88 bits per heavy atom. The SMILES string of the molecule is Cn1ncnc1CC(CCCCN)C(=O)O. The molecule has 90 valence electrons. The Hall–Kier alpha value is -1.43. The molecule has 0 aromatic carbocycles. The Morgan fingerprint density at radius 1 is 1.62 bits per heavy atom. The normalized spacial score (nSPS) is 12.6. The predicted octanol–water partition coefficient (Wildman–Crippen LogP) is 0.187. The fourth-order valence-corrected chi connectivity index (χ4v) is 1.57. The van der Waals surface area contributed by atoms with Gasteiger partial charge in [0.1, 0.15) is 12.2 Å². The van der Waals surface area contributed by atoms with Crippen LogP contribution in [0.1, 0.15) is 25.1 Å². The molecule has 0 spiro atoms. The number of aromatic nitrogens is 3. The number of unbranched alkanes of at least 4 members (excludes halogenated alkanes) is 1. The van der Waals surface area contributed by atoms with Gasteiger partial charge in [0.05, 0.1) is 5.92 Å². The molecule has 0 saturated heterocycles. The maximum Gasteiger partial charge on any atom is 0.306 e. The molecule has 6 nitrogen and oxygen atoms in total. The Balaban J connectivity index is 2.51. The number of aliphatic carboxylic acids is 1. The van der Waals surface area contributed by atoms with Gasteiger partial charge in [0.25, 0.3) is 0 Å². The Labute approximate surface area is 94.5 Å². The molecule has 0 aliphatic rings. The third kappa shape index (κ3) is 3.62. The highest BCUT2D eigenvalue weighted by Gasteiger charge is 2.19. The van der Waals surface area contributed by atoms with Crippen molar-refractivity contribution in [1.82, 2.24) is 14.8 Å². The number of hydrogen-bond acceptors (Lipinski definition) is 4. The number of nitrogens with zero attached hydrogens (tertiary/aromatic N) is 3. The van der Waals surface area contributed by atoms with Crippen LogP contribution in [-0.4, -0.2) is 32.4 Å². The van der Waals surface area contributed by atoms with Gasteiger partial charge in [-0.3, -0.25) is 9.48 Å². The molecular weight excluding hydrogens is 208 g/mol. The molecule has 0 bridgehead atoms. The Kier molecular flexibility index (Phi) is 4.91. The van der Waals surface area contributed by atoms with Gasteiger partial charge in [-0.25, -0.2) is 4.98 Å². The van der Waals surface area contributed by atoms with E-state index in [2.05, 4.69) is 10.1 Å². The molecule has 0 radical (unpaired) electrons. The molecule has 6 heteroatoms. The number of hydrogen-bond donors (Lipinski definition) is 2. The number of carbonyl (C=O) groups is 1. The summed E-state index contributed by atoms with van der Waals surface area (Å²) in [6.07, 6.45) is 4.21. The van der Waals surface area contributed by atoms with Gasteiger partial charge in [0, 0.05) is 13.5 Å². The number of nitrogens with two attached hydrogens (primary N) is 1. The van der Waals surface area contributed by atoms with Crippen LogP contribution in [0, 0.1) is 5.92 Å². The summed E-state index contributed by atoms with van der Waals surface area (Å²) < 4.78 is 1.61. The lowest BCUT2D eigenvalue weighted by Crippen LogP contribution is -2.19. The van der Waals surface area contributed by atoms with Crippen LogP contribution in [0.4, 0.5) is 0 Å². The highest BCUT2D eigenvalue weighted by molar-refractivity contribution is 5.70. The lowest BCUT2D eigenvalue weighted by molar-refractivity contribution is -0.142. The van der Waals surface area contributed by atoms with E-state index in [0.717, 1.165) is 12.8 Å². The summed E-state index contributed by atoms with van der Waals surface area (Å²) >= 11 is 0.